The van der Waals surface area contributed by atoms with E-state index in [0.717, 1.165) is 22.7 Å². The van der Waals surface area contributed by atoms with E-state index in [4.69, 9.17) is 11.6 Å². The number of carbonyl (C=O) groups excluding carboxylic acids is 2. The molecular weight excluding hydrogens is 541 g/mol. The molecule has 0 aliphatic carbocycles. The summed E-state index contributed by atoms with van der Waals surface area (Å²) in [6.07, 6.45) is 1.64. The minimum atomic E-state index is -4.21. The predicted molar refractivity (Wildman–Crippen MR) is 151 cm³/mol. The Bertz CT molecular complexity index is 1400. The van der Waals surface area contributed by atoms with Gasteiger partial charge >= 0.3 is 0 Å². The molecule has 3 aromatic rings. The third-order valence-electron chi connectivity index (χ3n) is 6.27. The molecule has 2 amide bonds. The second-order valence-electron chi connectivity index (χ2n) is 9.24. The van der Waals surface area contributed by atoms with Crippen LogP contribution < -0.4 is 9.62 Å². The number of nitrogens with one attached hydrogen (secondary N) is 1. The van der Waals surface area contributed by atoms with Gasteiger partial charge in [0.1, 0.15) is 18.4 Å². The fraction of sp³-hybridized carbons (Fsp3) is 0.310. The molecule has 0 saturated heterocycles. The van der Waals surface area contributed by atoms with Gasteiger partial charge in [-0.15, -0.1) is 0 Å². The van der Waals surface area contributed by atoms with Crippen LogP contribution >= 0.6 is 11.6 Å². The summed E-state index contributed by atoms with van der Waals surface area (Å²) in [6, 6.07) is 17.4. The first-order valence-electron chi connectivity index (χ1n) is 12.7. The molecule has 3 aromatic carbocycles. The van der Waals surface area contributed by atoms with Crippen LogP contribution in [-0.4, -0.2) is 44.3 Å². The topological polar surface area (TPSA) is 86.8 Å². The second-order valence-corrected chi connectivity index (χ2v) is 11.5. The molecule has 0 unspecified atom stereocenters. The minimum Gasteiger partial charge on any atom is -0.354 e. The van der Waals surface area contributed by atoms with Crippen molar-refractivity contribution in [1.82, 2.24) is 10.2 Å². The minimum absolute atomic E-state index is 0.0489. The molecule has 0 aliphatic rings. The van der Waals surface area contributed by atoms with Crippen LogP contribution in [-0.2, 0) is 26.2 Å². The Labute approximate surface area is 234 Å². The van der Waals surface area contributed by atoms with Crippen LogP contribution in [0.4, 0.5) is 10.1 Å². The zero-order valence-corrected chi connectivity index (χ0v) is 23.8. The normalized spacial score (nSPS) is 12.0. The standard InChI is InChI=1S/C29H33ClFN3O4S/c1-4-5-17-32-29(36)22(3)33(19-23-10-6-7-12-27(23)31)28(35)20-34(25-11-8-9-21(2)18-25)39(37,38)26-15-13-24(30)14-16-26/h6-16,18,22H,4-5,17,19-20H2,1-3H3,(H,32,36)/t22-/m0/s1. The number of aryl methyl sites for hydroxylation is 1. The van der Waals surface area contributed by atoms with Crippen molar-refractivity contribution >= 4 is 39.1 Å². The lowest BCUT2D eigenvalue weighted by molar-refractivity contribution is -0.139. The smallest absolute Gasteiger partial charge is 0.264 e. The summed E-state index contributed by atoms with van der Waals surface area (Å²) in [7, 11) is -4.21. The van der Waals surface area contributed by atoms with E-state index in [0.29, 0.717) is 11.6 Å². The summed E-state index contributed by atoms with van der Waals surface area (Å²) < 4.78 is 43.1. The largest absolute Gasteiger partial charge is 0.354 e. The predicted octanol–water partition coefficient (Wildman–Crippen LogP) is 5.32. The number of hydrogen-bond donors (Lipinski definition) is 1. The van der Waals surface area contributed by atoms with Gasteiger partial charge in [-0.3, -0.25) is 13.9 Å². The van der Waals surface area contributed by atoms with E-state index < -0.39 is 40.2 Å². The number of unbranched alkanes of at least 4 members (excludes halogenated alkanes) is 1. The van der Waals surface area contributed by atoms with Crippen LogP contribution in [0.2, 0.25) is 5.02 Å². The van der Waals surface area contributed by atoms with Crippen molar-refractivity contribution < 1.29 is 22.4 Å². The lowest BCUT2D eigenvalue weighted by Gasteiger charge is -2.32. The van der Waals surface area contributed by atoms with E-state index in [1.165, 1.54) is 47.4 Å². The van der Waals surface area contributed by atoms with Crippen molar-refractivity contribution in [2.75, 3.05) is 17.4 Å². The van der Waals surface area contributed by atoms with Gasteiger partial charge in [0.2, 0.25) is 11.8 Å². The molecule has 0 saturated carbocycles. The Kier molecular flexibility index (Phi) is 10.5. The third-order valence-corrected chi connectivity index (χ3v) is 8.31. The van der Waals surface area contributed by atoms with Gasteiger partial charge in [0, 0.05) is 23.7 Å². The molecule has 0 aliphatic heterocycles. The summed E-state index contributed by atoms with van der Waals surface area (Å²) in [5, 5.41) is 3.17. The van der Waals surface area contributed by atoms with E-state index >= 15 is 0 Å². The maximum absolute atomic E-state index is 14.6. The van der Waals surface area contributed by atoms with E-state index in [9.17, 15) is 22.4 Å². The van der Waals surface area contributed by atoms with Gasteiger partial charge < -0.3 is 10.2 Å². The number of benzene rings is 3. The van der Waals surface area contributed by atoms with Gasteiger partial charge in [-0.05, 0) is 68.3 Å². The molecule has 0 fully saturated rings. The average Bonchev–Trinajstić information content (AvgIpc) is 2.91. The Morgan fingerprint density at radius 3 is 2.36 bits per heavy atom. The maximum atomic E-state index is 14.6. The van der Waals surface area contributed by atoms with E-state index in [1.807, 2.05) is 19.9 Å². The fourth-order valence-corrected chi connectivity index (χ4v) is 5.51. The molecule has 0 bridgehead atoms. The van der Waals surface area contributed by atoms with Crippen molar-refractivity contribution in [3.05, 3.63) is 94.8 Å². The first-order valence-corrected chi connectivity index (χ1v) is 14.5. The molecule has 3 rings (SSSR count). The Morgan fingerprint density at radius 2 is 1.72 bits per heavy atom. The van der Waals surface area contributed by atoms with Gasteiger partial charge in [-0.25, -0.2) is 12.8 Å². The molecule has 7 nitrogen and oxygen atoms in total. The zero-order valence-electron chi connectivity index (χ0n) is 22.2. The summed E-state index contributed by atoms with van der Waals surface area (Å²) >= 11 is 5.97. The molecule has 1 atom stereocenters. The molecule has 0 aromatic heterocycles. The van der Waals surface area contributed by atoms with Crippen molar-refractivity contribution in [3.63, 3.8) is 0 Å². The highest BCUT2D eigenvalue weighted by molar-refractivity contribution is 7.92. The molecule has 1 N–H and O–H groups in total. The third kappa shape index (κ3) is 7.80. The van der Waals surface area contributed by atoms with E-state index in [-0.39, 0.29) is 22.7 Å². The van der Waals surface area contributed by atoms with Gasteiger partial charge in [0.25, 0.3) is 10.0 Å². The van der Waals surface area contributed by atoms with Crippen molar-refractivity contribution in [3.8, 4) is 0 Å². The zero-order chi connectivity index (χ0) is 28.6. The first-order chi connectivity index (χ1) is 18.5. The van der Waals surface area contributed by atoms with Crippen LogP contribution in [0.3, 0.4) is 0 Å². The highest BCUT2D eigenvalue weighted by Gasteiger charge is 2.32. The molecule has 39 heavy (non-hydrogen) atoms. The Balaban J connectivity index is 2.01. The molecule has 208 valence electrons. The lowest BCUT2D eigenvalue weighted by Crippen LogP contribution is -2.51. The number of amides is 2. The Morgan fingerprint density at radius 1 is 1.03 bits per heavy atom. The average molecular weight is 574 g/mol. The van der Waals surface area contributed by atoms with Crippen molar-refractivity contribution in [2.45, 2.75) is 51.1 Å². The fourth-order valence-electron chi connectivity index (χ4n) is 3.97. The summed E-state index contributed by atoms with van der Waals surface area (Å²) in [5.74, 6) is -1.59. The van der Waals surface area contributed by atoms with Crippen LogP contribution in [0.15, 0.2) is 77.7 Å². The number of rotatable bonds is 12. The van der Waals surface area contributed by atoms with E-state index in [1.54, 1.807) is 31.2 Å². The first kappa shape index (κ1) is 30.1. The van der Waals surface area contributed by atoms with Crippen molar-refractivity contribution in [1.29, 1.82) is 0 Å². The number of carbonyl (C=O) groups is 2. The van der Waals surface area contributed by atoms with Gasteiger partial charge in [-0.2, -0.15) is 0 Å². The lowest BCUT2D eigenvalue weighted by atomic mass is 10.1. The van der Waals surface area contributed by atoms with Crippen molar-refractivity contribution in [2.24, 2.45) is 0 Å². The number of halogens is 2. The number of anilines is 1. The van der Waals surface area contributed by atoms with Crippen LogP contribution in [0.1, 0.15) is 37.8 Å². The highest BCUT2D eigenvalue weighted by atomic mass is 35.5. The SMILES string of the molecule is CCCCNC(=O)[C@H](C)N(Cc1ccccc1F)C(=O)CN(c1cccc(C)c1)S(=O)(=O)c1ccc(Cl)cc1. The molecule has 0 radical (unpaired) electrons. The van der Waals surface area contributed by atoms with Gasteiger partial charge in [-0.1, -0.05) is 55.3 Å². The quantitative estimate of drug-likeness (QED) is 0.297. The maximum Gasteiger partial charge on any atom is 0.264 e. The van der Waals surface area contributed by atoms with Crippen LogP contribution in [0.5, 0.6) is 0 Å². The monoisotopic (exact) mass is 573 g/mol. The van der Waals surface area contributed by atoms with E-state index in [2.05, 4.69) is 5.32 Å². The second kappa shape index (κ2) is 13.6. The Hall–Kier alpha value is -3.43. The molecular formula is C29H33ClFN3O4S. The molecule has 0 heterocycles. The number of hydrogen-bond acceptors (Lipinski definition) is 4. The highest BCUT2D eigenvalue weighted by Crippen LogP contribution is 2.26. The summed E-state index contributed by atoms with van der Waals surface area (Å²) in [6.45, 7) is 4.97. The van der Waals surface area contributed by atoms with Gasteiger partial charge in [0.15, 0.2) is 0 Å². The number of nitrogens with zero attached hydrogens (tertiary/aromatic N) is 2. The van der Waals surface area contributed by atoms with Crippen LogP contribution in [0, 0.1) is 12.7 Å². The van der Waals surface area contributed by atoms with Crippen LogP contribution in [0.25, 0.3) is 0 Å². The van der Waals surface area contributed by atoms with Gasteiger partial charge in [0.05, 0.1) is 10.6 Å². The summed E-state index contributed by atoms with van der Waals surface area (Å²) in [5.41, 5.74) is 1.29. The molecule has 10 heteroatoms. The number of sulfonamides is 1. The summed E-state index contributed by atoms with van der Waals surface area (Å²) in [4.78, 5) is 27.9. The molecule has 0 spiro atoms.